The van der Waals surface area contributed by atoms with Gasteiger partial charge in [-0.3, -0.25) is 4.79 Å². The van der Waals surface area contributed by atoms with Crippen molar-refractivity contribution in [2.75, 3.05) is 14.2 Å². The van der Waals surface area contributed by atoms with Gasteiger partial charge >= 0.3 is 11.9 Å². The van der Waals surface area contributed by atoms with Crippen molar-refractivity contribution < 1.29 is 27.5 Å². The highest BCUT2D eigenvalue weighted by molar-refractivity contribution is 7.89. The average Bonchev–Trinajstić information content (AvgIpc) is 3.38. The number of sulfonamides is 1. The molecular weight excluding hydrogens is 514 g/mol. The molecule has 0 bridgehead atoms. The Kier molecular flexibility index (Phi) is 7.22. The molecule has 0 fully saturated rings. The molecule has 4 rings (SSSR count). The second-order valence-corrected chi connectivity index (χ2v) is 11.1. The first-order chi connectivity index (χ1) is 17.6. The number of hydrogen-bond acceptors (Lipinski definition) is 9. The number of methoxy groups -OCH3 is 2. The number of carbonyl (C=O) groups excluding carboxylic acids is 2. The SMILES string of the molecule is COC(=O)C1=C(C)NC(C)C(C(=O)OC)(c2nc(-c3ccccc3S(N)(=O)=O)cs2)C1c1ccccc1. The first-order valence-corrected chi connectivity index (χ1v) is 13.8. The van der Waals surface area contributed by atoms with Gasteiger partial charge in [-0.05, 0) is 25.5 Å². The van der Waals surface area contributed by atoms with Crippen LogP contribution in [0.15, 0.2) is 76.1 Å². The zero-order valence-electron chi connectivity index (χ0n) is 20.7. The fraction of sp³-hybridized carbons (Fsp3) is 0.269. The summed E-state index contributed by atoms with van der Waals surface area (Å²) < 4.78 is 35.0. The smallest absolute Gasteiger partial charge is 0.336 e. The number of primary sulfonamides is 1. The third kappa shape index (κ3) is 4.43. The zero-order chi connectivity index (χ0) is 27.0. The van der Waals surface area contributed by atoms with Crippen molar-refractivity contribution in [3.05, 3.63) is 81.8 Å². The van der Waals surface area contributed by atoms with Crippen molar-refractivity contribution >= 4 is 33.3 Å². The topological polar surface area (TPSA) is 138 Å². The second kappa shape index (κ2) is 10.1. The molecule has 3 unspecified atom stereocenters. The van der Waals surface area contributed by atoms with Gasteiger partial charge in [0.05, 0.1) is 30.4 Å². The lowest BCUT2D eigenvalue weighted by atomic mass is 9.62. The van der Waals surface area contributed by atoms with Gasteiger partial charge in [0.25, 0.3) is 0 Å². The summed E-state index contributed by atoms with van der Waals surface area (Å²) in [6.45, 7) is 3.58. The van der Waals surface area contributed by atoms with E-state index in [1.54, 1.807) is 30.5 Å². The van der Waals surface area contributed by atoms with E-state index in [2.05, 4.69) is 5.32 Å². The lowest BCUT2D eigenvalue weighted by Gasteiger charge is -2.46. The molecule has 9 nitrogen and oxygen atoms in total. The zero-order valence-corrected chi connectivity index (χ0v) is 22.4. The molecule has 194 valence electrons. The van der Waals surface area contributed by atoms with Crippen LogP contribution < -0.4 is 10.5 Å². The van der Waals surface area contributed by atoms with E-state index >= 15 is 0 Å². The number of esters is 2. The van der Waals surface area contributed by atoms with Crippen LogP contribution in [0, 0.1) is 0 Å². The molecular formula is C26H27N3O6S2. The van der Waals surface area contributed by atoms with Crippen LogP contribution >= 0.6 is 11.3 Å². The molecule has 0 saturated carbocycles. The number of allylic oxidation sites excluding steroid dienone is 1. The van der Waals surface area contributed by atoms with Crippen LogP contribution in [0.2, 0.25) is 0 Å². The number of benzene rings is 2. The van der Waals surface area contributed by atoms with E-state index in [4.69, 9.17) is 19.6 Å². The maximum absolute atomic E-state index is 13.8. The van der Waals surface area contributed by atoms with Crippen molar-refractivity contribution in [3.63, 3.8) is 0 Å². The molecule has 3 aromatic rings. The largest absolute Gasteiger partial charge is 0.468 e. The molecule has 1 aliphatic rings. The number of carbonyl (C=O) groups is 2. The number of nitrogens with two attached hydrogens (primary N) is 1. The second-order valence-electron chi connectivity index (χ2n) is 8.68. The van der Waals surface area contributed by atoms with Crippen LogP contribution in [-0.4, -0.2) is 45.6 Å². The third-order valence-electron chi connectivity index (χ3n) is 6.65. The molecule has 0 saturated heterocycles. The van der Waals surface area contributed by atoms with Crippen molar-refractivity contribution in [3.8, 4) is 11.3 Å². The summed E-state index contributed by atoms with van der Waals surface area (Å²) in [4.78, 5) is 31.6. The predicted octanol–water partition coefficient (Wildman–Crippen LogP) is 3.09. The van der Waals surface area contributed by atoms with E-state index in [9.17, 15) is 18.0 Å². The van der Waals surface area contributed by atoms with Gasteiger partial charge in [-0.25, -0.2) is 23.3 Å². The first kappa shape index (κ1) is 26.5. The minimum atomic E-state index is -4.04. The summed E-state index contributed by atoms with van der Waals surface area (Å²) in [5.74, 6) is -2.00. The Bertz CT molecular complexity index is 1480. The Hall–Kier alpha value is -3.54. The number of hydrogen-bond donors (Lipinski definition) is 2. The van der Waals surface area contributed by atoms with Gasteiger partial charge in [0, 0.05) is 28.6 Å². The fourth-order valence-electron chi connectivity index (χ4n) is 5.04. The molecule has 2 heterocycles. The first-order valence-electron chi connectivity index (χ1n) is 11.3. The summed E-state index contributed by atoms with van der Waals surface area (Å²) in [5, 5.41) is 10.7. The molecule has 3 N–H and O–H groups in total. The highest BCUT2D eigenvalue weighted by Gasteiger charge is 2.60. The van der Waals surface area contributed by atoms with Gasteiger partial charge in [-0.1, -0.05) is 48.5 Å². The summed E-state index contributed by atoms with van der Waals surface area (Å²) in [6, 6.07) is 14.8. The van der Waals surface area contributed by atoms with Crippen LogP contribution in [0.5, 0.6) is 0 Å². The number of aromatic nitrogens is 1. The Morgan fingerprint density at radius 2 is 1.70 bits per heavy atom. The average molecular weight is 542 g/mol. The molecule has 3 atom stereocenters. The van der Waals surface area contributed by atoms with Crippen molar-refractivity contribution in [2.24, 2.45) is 5.14 Å². The van der Waals surface area contributed by atoms with Gasteiger partial charge in [0.2, 0.25) is 10.0 Å². The Morgan fingerprint density at radius 3 is 2.32 bits per heavy atom. The number of nitrogens with zero attached hydrogens (tertiary/aromatic N) is 1. The van der Waals surface area contributed by atoms with E-state index in [-0.39, 0.29) is 10.5 Å². The highest BCUT2D eigenvalue weighted by Crippen LogP contribution is 2.52. The minimum Gasteiger partial charge on any atom is -0.468 e. The van der Waals surface area contributed by atoms with Gasteiger partial charge < -0.3 is 14.8 Å². The van der Waals surface area contributed by atoms with E-state index in [1.165, 1.54) is 31.6 Å². The molecule has 0 amide bonds. The number of thiazole rings is 1. The molecule has 2 aromatic carbocycles. The fourth-order valence-corrected chi connectivity index (χ4v) is 6.91. The standard InChI is InChI=1S/C26H27N3O6S2/c1-15-21(23(30)34-3)22(17-10-6-5-7-11-17)26(16(2)28-15,25(31)35-4)24-29-19(14-36-24)18-12-8-9-13-20(18)37(27,32)33/h5-14,16,22,28H,1-4H3,(H2,27,32,33). The molecule has 0 spiro atoms. The van der Waals surface area contributed by atoms with E-state index < -0.39 is 39.3 Å². The minimum absolute atomic E-state index is 0.0839. The van der Waals surface area contributed by atoms with Crippen molar-refractivity contribution in [2.45, 2.75) is 36.1 Å². The maximum atomic E-state index is 13.8. The van der Waals surface area contributed by atoms with E-state index in [1.807, 2.05) is 37.3 Å². The summed E-state index contributed by atoms with van der Waals surface area (Å²) in [7, 11) is -1.47. The van der Waals surface area contributed by atoms with Crippen LogP contribution in [0.3, 0.4) is 0 Å². The molecule has 11 heteroatoms. The lowest BCUT2D eigenvalue weighted by Crippen LogP contribution is -2.60. The number of nitrogens with one attached hydrogen (secondary N) is 1. The monoisotopic (exact) mass is 541 g/mol. The maximum Gasteiger partial charge on any atom is 0.336 e. The number of ether oxygens (including phenoxy) is 2. The van der Waals surface area contributed by atoms with Gasteiger partial charge in [0.15, 0.2) is 5.41 Å². The quantitative estimate of drug-likeness (QED) is 0.454. The molecule has 1 aliphatic heterocycles. The lowest BCUT2D eigenvalue weighted by molar-refractivity contribution is -0.150. The van der Waals surface area contributed by atoms with Crippen molar-refractivity contribution in [1.29, 1.82) is 0 Å². The molecule has 1 aromatic heterocycles. The third-order valence-corrected chi connectivity index (χ3v) is 8.62. The van der Waals surface area contributed by atoms with Crippen molar-refractivity contribution in [1.82, 2.24) is 10.3 Å². The Labute approximate surface area is 219 Å². The summed E-state index contributed by atoms with van der Waals surface area (Å²) in [5.41, 5.74) is 0.696. The van der Waals surface area contributed by atoms with E-state index in [0.717, 1.165) is 0 Å². The highest BCUT2D eigenvalue weighted by atomic mass is 32.2. The van der Waals surface area contributed by atoms with Gasteiger partial charge in [-0.15, -0.1) is 11.3 Å². The molecule has 0 aliphatic carbocycles. The Morgan fingerprint density at radius 1 is 1.05 bits per heavy atom. The molecule has 0 radical (unpaired) electrons. The summed E-state index contributed by atoms with van der Waals surface area (Å²) in [6.07, 6.45) is 0. The number of rotatable bonds is 6. The predicted molar refractivity (Wildman–Crippen MR) is 139 cm³/mol. The van der Waals surface area contributed by atoms with Gasteiger partial charge in [-0.2, -0.15) is 0 Å². The summed E-state index contributed by atoms with van der Waals surface area (Å²) >= 11 is 1.18. The van der Waals surface area contributed by atoms with Crippen LogP contribution in [0.25, 0.3) is 11.3 Å². The van der Waals surface area contributed by atoms with Crippen LogP contribution in [0.4, 0.5) is 0 Å². The van der Waals surface area contributed by atoms with Crippen LogP contribution in [0.1, 0.15) is 30.3 Å². The molecule has 37 heavy (non-hydrogen) atoms. The Balaban J connectivity index is 2.04. The van der Waals surface area contributed by atoms with Gasteiger partial charge in [0.1, 0.15) is 5.01 Å². The van der Waals surface area contributed by atoms with Crippen LogP contribution in [-0.2, 0) is 34.5 Å². The normalized spacial score (nSPS) is 21.8. The van der Waals surface area contributed by atoms with E-state index in [0.29, 0.717) is 27.5 Å².